The van der Waals surface area contributed by atoms with Crippen LogP contribution >= 0.6 is 0 Å². The van der Waals surface area contributed by atoms with Gasteiger partial charge in [0.15, 0.2) is 0 Å². The second-order valence-electron chi connectivity index (χ2n) is 5.54. The van der Waals surface area contributed by atoms with Gasteiger partial charge in [-0.2, -0.15) is 0 Å². The zero-order chi connectivity index (χ0) is 15.6. The highest BCUT2D eigenvalue weighted by Crippen LogP contribution is 2.24. The molecular formula is C15H20FN3O2. The first-order chi connectivity index (χ1) is 9.91. The molecule has 5 nitrogen and oxygen atoms in total. The van der Waals surface area contributed by atoms with E-state index in [0.29, 0.717) is 18.4 Å². The Morgan fingerprint density at radius 3 is 2.67 bits per heavy atom. The van der Waals surface area contributed by atoms with Crippen LogP contribution in [-0.2, 0) is 16.1 Å². The van der Waals surface area contributed by atoms with Gasteiger partial charge in [-0.05, 0) is 31.4 Å². The van der Waals surface area contributed by atoms with Gasteiger partial charge in [-0.25, -0.2) is 4.39 Å². The summed E-state index contributed by atoms with van der Waals surface area (Å²) in [6, 6.07) is 0.809. The van der Waals surface area contributed by atoms with Crippen molar-refractivity contribution in [2.75, 3.05) is 0 Å². The van der Waals surface area contributed by atoms with Crippen LogP contribution in [0.3, 0.4) is 0 Å². The summed E-state index contributed by atoms with van der Waals surface area (Å²) in [4.78, 5) is 30.2. The maximum absolute atomic E-state index is 13.2. The standard InChI is InChI=1S/C15H20FN3O2/c1-4-12-13(20)18-15(3,5-2)14(21)19(12)9-10-6-11(16)8-17-7-10/h6-8,12H,4-5,9H2,1-3H3,(H,18,20). The van der Waals surface area contributed by atoms with Crippen LogP contribution in [0.2, 0.25) is 0 Å². The summed E-state index contributed by atoms with van der Waals surface area (Å²) in [6.07, 6.45) is 3.65. The highest BCUT2D eigenvalue weighted by molar-refractivity contribution is 5.99. The molecular weight excluding hydrogens is 273 g/mol. The van der Waals surface area contributed by atoms with Crippen LogP contribution in [0.5, 0.6) is 0 Å². The Balaban J connectivity index is 2.32. The zero-order valence-corrected chi connectivity index (χ0v) is 12.5. The summed E-state index contributed by atoms with van der Waals surface area (Å²) in [7, 11) is 0. The Morgan fingerprint density at radius 2 is 2.10 bits per heavy atom. The van der Waals surface area contributed by atoms with Crippen molar-refractivity contribution in [1.82, 2.24) is 15.2 Å². The molecule has 1 aliphatic rings. The molecule has 21 heavy (non-hydrogen) atoms. The quantitative estimate of drug-likeness (QED) is 0.917. The van der Waals surface area contributed by atoms with Crippen LogP contribution in [0.4, 0.5) is 4.39 Å². The van der Waals surface area contributed by atoms with Crippen molar-refractivity contribution in [2.45, 2.75) is 51.7 Å². The Kier molecular flexibility index (Phi) is 4.25. The minimum absolute atomic E-state index is 0.138. The molecule has 0 saturated carbocycles. The second-order valence-corrected chi connectivity index (χ2v) is 5.54. The predicted molar refractivity (Wildman–Crippen MR) is 75.7 cm³/mol. The fraction of sp³-hybridized carbons (Fsp3) is 0.533. The number of carbonyl (C=O) groups is 2. The van der Waals surface area contributed by atoms with Crippen LogP contribution in [0.25, 0.3) is 0 Å². The predicted octanol–water partition coefficient (Wildman–Crippen LogP) is 1.63. The molecule has 114 valence electrons. The lowest BCUT2D eigenvalue weighted by Crippen LogP contribution is -2.68. The molecule has 0 aromatic carbocycles. The number of nitrogens with zero attached hydrogens (tertiary/aromatic N) is 2. The van der Waals surface area contributed by atoms with Gasteiger partial charge in [0.25, 0.3) is 0 Å². The lowest BCUT2D eigenvalue weighted by molar-refractivity contribution is -0.155. The SMILES string of the molecule is CCC1C(=O)NC(C)(CC)C(=O)N1Cc1cncc(F)c1. The summed E-state index contributed by atoms with van der Waals surface area (Å²) in [6.45, 7) is 5.61. The number of hydrogen-bond acceptors (Lipinski definition) is 3. The van der Waals surface area contributed by atoms with E-state index in [2.05, 4.69) is 10.3 Å². The number of rotatable bonds is 4. The van der Waals surface area contributed by atoms with Crippen LogP contribution in [0.15, 0.2) is 18.5 Å². The van der Waals surface area contributed by atoms with E-state index in [9.17, 15) is 14.0 Å². The Hall–Kier alpha value is -1.98. The van der Waals surface area contributed by atoms with Crippen LogP contribution in [-0.4, -0.2) is 33.3 Å². The third-order valence-electron chi connectivity index (χ3n) is 4.02. The number of amides is 2. The smallest absolute Gasteiger partial charge is 0.249 e. The molecule has 0 radical (unpaired) electrons. The Morgan fingerprint density at radius 1 is 1.38 bits per heavy atom. The van der Waals surface area contributed by atoms with Gasteiger partial charge in [0, 0.05) is 12.7 Å². The van der Waals surface area contributed by atoms with Crippen LogP contribution in [0.1, 0.15) is 39.2 Å². The van der Waals surface area contributed by atoms with Gasteiger partial charge in [0.05, 0.1) is 6.20 Å². The lowest BCUT2D eigenvalue weighted by atomic mass is 9.91. The number of piperazine rings is 1. The van der Waals surface area contributed by atoms with Gasteiger partial charge < -0.3 is 10.2 Å². The fourth-order valence-corrected chi connectivity index (χ4v) is 2.58. The lowest BCUT2D eigenvalue weighted by Gasteiger charge is -2.44. The molecule has 1 saturated heterocycles. The first-order valence-electron chi connectivity index (χ1n) is 7.13. The molecule has 2 atom stereocenters. The van der Waals surface area contributed by atoms with E-state index in [-0.39, 0.29) is 18.4 Å². The number of nitrogens with one attached hydrogen (secondary N) is 1. The summed E-state index contributed by atoms with van der Waals surface area (Å²) in [5.41, 5.74) is -0.321. The summed E-state index contributed by atoms with van der Waals surface area (Å²) < 4.78 is 13.2. The van der Waals surface area contributed by atoms with E-state index in [0.717, 1.165) is 6.20 Å². The number of hydrogen-bond donors (Lipinski definition) is 1. The van der Waals surface area contributed by atoms with Crippen molar-refractivity contribution >= 4 is 11.8 Å². The summed E-state index contributed by atoms with van der Waals surface area (Å²) in [5.74, 6) is -0.751. The molecule has 2 heterocycles. The molecule has 1 aliphatic heterocycles. The molecule has 0 bridgehead atoms. The van der Waals surface area contributed by atoms with Gasteiger partial charge in [0.1, 0.15) is 17.4 Å². The van der Waals surface area contributed by atoms with Crippen molar-refractivity contribution in [3.05, 3.63) is 29.8 Å². The first-order valence-corrected chi connectivity index (χ1v) is 7.13. The molecule has 1 fully saturated rings. The fourth-order valence-electron chi connectivity index (χ4n) is 2.58. The van der Waals surface area contributed by atoms with E-state index in [1.807, 2.05) is 13.8 Å². The summed E-state index contributed by atoms with van der Waals surface area (Å²) in [5, 5.41) is 2.80. The molecule has 1 aromatic heterocycles. The largest absolute Gasteiger partial charge is 0.340 e. The van der Waals surface area contributed by atoms with Crippen LogP contribution in [0, 0.1) is 5.82 Å². The first kappa shape index (κ1) is 15.4. The summed E-state index contributed by atoms with van der Waals surface area (Å²) >= 11 is 0. The van der Waals surface area contributed by atoms with Gasteiger partial charge in [-0.3, -0.25) is 14.6 Å². The molecule has 6 heteroatoms. The maximum atomic E-state index is 13.2. The molecule has 2 rings (SSSR count). The van der Waals surface area contributed by atoms with Gasteiger partial charge >= 0.3 is 0 Å². The number of carbonyl (C=O) groups excluding carboxylic acids is 2. The molecule has 0 spiro atoms. The molecule has 1 N–H and O–H groups in total. The van der Waals surface area contributed by atoms with Crippen molar-refractivity contribution in [3.8, 4) is 0 Å². The normalized spacial score (nSPS) is 25.9. The number of aromatic nitrogens is 1. The van der Waals surface area contributed by atoms with E-state index in [1.54, 1.807) is 6.92 Å². The van der Waals surface area contributed by atoms with Gasteiger partial charge in [0.2, 0.25) is 11.8 Å². The van der Waals surface area contributed by atoms with Crippen molar-refractivity contribution < 1.29 is 14.0 Å². The monoisotopic (exact) mass is 293 g/mol. The Bertz CT molecular complexity index is 564. The molecule has 0 aliphatic carbocycles. The highest BCUT2D eigenvalue weighted by atomic mass is 19.1. The van der Waals surface area contributed by atoms with E-state index in [4.69, 9.17) is 0 Å². The average molecular weight is 293 g/mol. The molecule has 1 aromatic rings. The topological polar surface area (TPSA) is 62.3 Å². The van der Waals surface area contributed by atoms with Crippen molar-refractivity contribution in [3.63, 3.8) is 0 Å². The van der Waals surface area contributed by atoms with E-state index < -0.39 is 17.4 Å². The van der Waals surface area contributed by atoms with Crippen molar-refractivity contribution in [1.29, 1.82) is 0 Å². The minimum Gasteiger partial charge on any atom is -0.340 e. The number of halogens is 1. The highest BCUT2D eigenvalue weighted by Gasteiger charge is 2.46. The average Bonchev–Trinajstić information content (AvgIpc) is 2.45. The zero-order valence-electron chi connectivity index (χ0n) is 12.5. The second kappa shape index (κ2) is 5.79. The van der Waals surface area contributed by atoms with E-state index in [1.165, 1.54) is 17.2 Å². The minimum atomic E-state index is -0.899. The Labute approximate surface area is 123 Å². The van der Waals surface area contributed by atoms with Crippen molar-refractivity contribution in [2.24, 2.45) is 0 Å². The van der Waals surface area contributed by atoms with Gasteiger partial charge in [-0.15, -0.1) is 0 Å². The van der Waals surface area contributed by atoms with Crippen LogP contribution < -0.4 is 5.32 Å². The maximum Gasteiger partial charge on any atom is 0.249 e. The molecule has 2 amide bonds. The molecule has 2 unspecified atom stereocenters. The third-order valence-corrected chi connectivity index (χ3v) is 4.02. The van der Waals surface area contributed by atoms with E-state index >= 15 is 0 Å². The number of pyridine rings is 1. The van der Waals surface area contributed by atoms with Gasteiger partial charge in [-0.1, -0.05) is 13.8 Å². The third kappa shape index (κ3) is 2.89.